The monoisotopic (exact) mass is 373 g/mol. The zero-order chi connectivity index (χ0) is 18.9. The summed E-state index contributed by atoms with van der Waals surface area (Å²) < 4.78 is 1.83. The van der Waals surface area contributed by atoms with E-state index in [1.165, 1.54) is 6.20 Å². The molecule has 0 atom stereocenters. The van der Waals surface area contributed by atoms with Crippen molar-refractivity contribution in [3.63, 3.8) is 0 Å². The number of hydrogen-bond acceptors (Lipinski definition) is 8. The molecule has 9 heteroatoms. The van der Waals surface area contributed by atoms with E-state index in [2.05, 4.69) is 30.3 Å². The van der Waals surface area contributed by atoms with Crippen LogP contribution in [0.5, 0.6) is 0 Å². The fourth-order valence-corrected chi connectivity index (χ4v) is 3.35. The number of anilines is 2. The second-order valence-corrected chi connectivity index (χ2v) is 6.60. The fraction of sp³-hybridized carbons (Fsp3) is 0.211. The predicted octanol–water partition coefficient (Wildman–Crippen LogP) is 1.26. The summed E-state index contributed by atoms with van der Waals surface area (Å²) in [7, 11) is 0. The molecule has 28 heavy (non-hydrogen) atoms. The first-order valence-electron chi connectivity index (χ1n) is 9.13. The summed E-state index contributed by atoms with van der Waals surface area (Å²) in [4.78, 5) is 20.0. The molecular weight excluding hydrogens is 354 g/mol. The lowest BCUT2D eigenvalue weighted by molar-refractivity contribution is 0.584. The molecule has 0 saturated carbocycles. The average molecular weight is 373 g/mol. The largest absolute Gasteiger partial charge is 0.382 e. The third-order valence-electron chi connectivity index (χ3n) is 4.75. The van der Waals surface area contributed by atoms with Crippen molar-refractivity contribution in [1.82, 2.24) is 35.0 Å². The number of nitrogens with zero attached hydrogens (tertiary/aromatic N) is 7. The molecule has 0 bridgehead atoms. The van der Waals surface area contributed by atoms with E-state index in [-0.39, 0.29) is 0 Å². The summed E-state index contributed by atoms with van der Waals surface area (Å²) in [6, 6.07) is 7.94. The summed E-state index contributed by atoms with van der Waals surface area (Å²) in [5.41, 5.74) is 7.97. The van der Waals surface area contributed by atoms with E-state index < -0.39 is 0 Å². The fourth-order valence-electron chi connectivity index (χ4n) is 3.35. The van der Waals surface area contributed by atoms with Crippen molar-refractivity contribution in [2.24, 2.45) is 0 Å². The third-order valence-corrected chi connectivity index (χ3v) is 4.75. The van der Waals surface area contributed by atoms with Crippen LogP contribution in [0.4, 0.5) is 11.6 Å². The highest BCUT2D eigenvalue weighted by atomic mass is 15.3. The number of aromatic nitrogens is 6. The maximum atomic E-state index is 5.76. The summed E-state index contributed by atoms with van der Waals surface area (Å²) in [5, 5.41) is 8.82. The number of pyridine rings is 2. The zero-order valence-corrected chi connectivity index (χ0v) is 15.2. The molecule has 1 fully saturated rings. The topological polar surface area (TPSA) is 111 Å². The predicted molar refractivity (Wildman–Crippen MR) is 107 cm³/mol. The lowest BCUT2D eigenvalue weighted by atomic mass is 10.2. The number of fused-ring (bicyclic) bond motifs is 1. The number of hydrogen-bond donors (Lipinski definition) is 2. The molecule has 9 nitrogen and oxygen atoms in total. The molecule has 5 heterocycles. The first kappa shape index (κ1) is 16.6. The number of nitrogens with two attached hydrogens (primary N) is 1. The highest BCUT2D eigenvalue weighted by molar-refractivity contribution is 5.82. The first-order chi connectivity index (χ1) is 13.8. The van der Waals surface area contributed by atoms with Gasteiger partial charge in [0.2, 0.25) is 0 Å². The maximum absolute atomic E-state index is 5.76. The summed E-state index contributed by atoms with van der Waals surface area (Å²) >= 11 is 0. The lowest BCUT2D eigenvalue weighted by Crippen LogP contribution is -2.43. The van der Waals surface area contributed by atoms with Crippen LogP contribution in [0.2, 0.25) is 0 Å². The quantitative estimate of drug-likeness (QED) is 0.552. The molecule has 0 amide bonds. The molecule has 4 aromatic heterocycles. The average Bonchev–Trinajstić information content (AvgIpc) is 3.18. The summed E-state index contributed by atoms with van der Waals surface area (Å²) in [5.74, 6) is 2.08. The van der Waals surface area contributed by atoms with Crippen LogP contribution in [0.3, 0.4) is 0 Å². The molecule has 1 saturated heterocycles. The SMILES string of the molecule is Nc1cncc(-c2cc3c(cn2)cnn3-c2cccc(N3CCNCC3)n2)n1. The Balaban J connectivity index is 1.57. The van der Waals surface area contributed by atoms with Gasteiger partial charge in [0.05, 0.1) is 29.8 Å². The smallest absolute Gasteiger partial charge is 0.156 e. The van der Waals surface area contributed by atoms with E-state index >= 15 is 0 Å². The van der Waals surface area contributed by atoms with Gasteiger partial charge in [-0.05, 0) is 18.2 Å². The van der Waals surface area contributed by atoms with Gasteiger partial charge in [-0.25, -0.2) is 14.6 Å². The van der Waals surface area contributed by atoms with Crippen LogP contribution in [-0.2, 0) is 0 Å². The minimum atomic E-state index is 0.360. The van der Waals surface area contributed by atoms with Crippen molar-refractivity contribution in [2.45, 2.75) is 0 Å². The van der Waals surface area contributed by atoms with Crippen LogP contribution in [0, 0.1) is 0 Å². The van der Waals surface area contributed by atoms with Gasteiger partial charge in [-0.2, -0.15) is 5.10 Å². The van der Waals surface area contributed by atoms with Gasteiger partial charge in [0.25, 0.3) is 0 Å². The second-order valence-electron chi connectivity index (χ2n) is 6.60. The number of nitrogen functional groups attached to an aromatic ring is 1. The van der Waals surface area contributed by atoms with Crippen LogP contribution < -0.4 is 16.0 Å². The van der Waals surface area contributed by atoms with Gasteiger partial charge in [0.1, 0.15) is 17.3 Å². The Morgan fingerprint density at radius 3 is 2.64 bits per heavy atom. The minimum Gasteiger partial charge on any atom is -0.382 e. The number of rotatable bonds is 3. The van der Waals surface area contributed by atoms with Gasteiger partial charge in [-0.15, -0.1) is 0 Å². The van der Waals surface area contributed by atoms with Crippen LogP contribution in [0.25, 0.3) is 28.1 Å². The van der Waals surface area contributed by atoms with Crippen LogP contribution in [0.1, 0.15) is 0 Å². The Morgan fingerprint density at radius 1 is 0.929 bits per heavy atom. The molecule has 1 aliphatic rings. The van der Waals surface area contributed by atoms with Crippen LogP contribution in [0.15, 0.2) is 49.1 Å². The molecule has 0 radical (unpaired) electrons. The standard InChI is InChI=1S/C19H19N9/c20-17-12-22-11-15(25-17)14-8-16-13(9-23-14)10-24-28(16)19-3-1-2-18(26-19)27-6-4-21-5-7-27/h1-3,8-12,21H,4-7H2,(H2,20,25). The van der Waals surface area contributed by atoms with Crippen molar-refractivity contribution < 1.29 is 0 Å². The highest BCUT2D eigenvalue weighted by Gasteiger charge is 2.14. The molecule has 4 aromatic rings. The molecule has 0 aliphatic carbocycles. The van der Waals surface area contributed by atoms with Crippen molar-refractivity contribution in [3.8, 4) is 17.2 Å². The van der Waals surface area contributed by atoms with Crippen LogP contribution in [-0.4, -0.2) is 55.9 Å². The highest BCUT2D eigenvalue weighted by Crippen LogP contribution is 2.23. The summed E-state index contributed by atoms with van der Waals surface area (Å²) in [6.45, 7) is 3.82. The van der Waals surface area contributed by atoms with Crippen molar-refractivity contribution in [1.29, 1.82) is 0 Å². The number of piperazine rings is 1. The van der Waals surface area contributed by atoms with E-state index in [1.54, 1.807) is 18.6 Å². The van der Waals surface area contributed by atoms with Crippen LogP contribution >= 0.6 is 0 Å². The van der Waals surface area contributed by atoms with Crippen molar-refractivity contribution in [2.75, 3.05) is 36.8 Å². The molecule has 1 aliphatic heterocycles. The van der Waals surface area contributed by atoms with Gasteiger partial charge in [-0.3, -0.25) is 9.97 Å². The normalized spacial score (nSPS) is 14.5. The van der Waals surface area contributed by atoms with Crippen molar-refractivity contribution in [3.05, 3.63) is 49.1 Å². The molecule has 0 unspecified atom stereocenters. The van der Waals surface area contributed by atoms with Gasteiger partial charge in [-0.1, -0.05) is 6.07 Å². The van der Waals surface area contributed by atoms with Gasteiger partial charge in [0, 0.05) is 37.8 Å². The van der Waals surface area contributed by atoms with Gasteiger partial charge >= 0.3 is 0 Å². The maximum Gasteiger partial charge on any atom is 0.156 e. The third kappa shape index (κ3) is 3.01. The molecule has 0 aromatic carbocycles. The van der Waals surface area contributed by atoms with E-state index in [9.17, 15) is 0 Å². The Morgan fingerprint density at radius 2 is 1.79 bits per heavy atom. The Bertz CT molecular complexity index is 1130. The Hall–Kier alpha value is -3.59. The van der Waals surface area contributed by atoms with E-state index in [0.717, 1.165) is 48.7 Å². The minimum absolute atomic E-state index is 0.360. The first-order valence-corrected chi connectivity index (χ1v) is 9.13. The number of nitrogens with one attached hydrogen (secondary N) is 1. The molecule has 0 spiro atoms. The molecular formula is C19H19N9. The lowest BCUT2D eigenvalue weighted by Gasteiger charge is -2.28. The Kier molecular flexibility index (Phi) is 4.06. The van der Waals surface area contributed by atoms with E-state index in [4.69, 9.17) is 10.7 Å². The molecule has 5 rings (SSSR count). The van der Waals surface area contributed by atoms with E-state index in [1.807, 2.05) is 28.9 Å². The molecule has 3 N–H and O–H groups in total. The van der Waals surface area contributed by atoms with Gasteiger partial charge in [0.15, 0.2) is 5.82 Å². The second kappa shape index (κ2) is 6.86. The van der Waals surface area contributed by atoms with Gasteiger partial charge < -0.3 is 16.0 Å². The zero-order valence-electron chi connectivity index (χ0n) is 15.2. The Labute approximate surface area is 161 Å². The van der Waals surface area contributed by atoms with E-state index in [0.29, 0.717) is 17.2 Å². The summed E-state index contributed by atoms with van der Waals surface area (Å²) in [6.07, 6.45) is 6.72. The molecule has 140 valence electrons. The van der Waals surface area contributed by atoms with Crippen molar-refractivity contribution >= 4 is 22.5 Å².